The Morgan fingerprint density at radius 2 is 1.68 bits per heavy atom. The molecule has 1 aliphatic heterocycles. The van der Waals surface area contributed by atoms with Crippen molar-refractivity contribution in [1.29, 1.82) is 0 Å². The Morgan fingerprint density at radius 1 is 0.973 bits per heavy atom. The highest BCUT2D eigenvalue weighted by atomic mass is 32.2. The lowest BCUT2D eigenvalue weighted by molar-refractivity contribution is 0.313. The zero-order valence-corrected chi connectivity index (χ0v) is 23.1. The van der Waals surface area contributed by atoms with Gasteiger partial charge in [-0.2, -0.15) is 4.98 Å². The van der Waals surface area contributed by atoms with Gasteiger partial charge in [0.15, 0.2) is 15.4 Å². The predicted molar refractivity (Wildman–Crippen MR) is 151 cm³/mol. The van der Waals surface area contributed by atoms with Gasteiger partial charge in [0.2, 0.25) is 0 Å². The first-order chi connectivity index (χ1) is 17.5. The molecule has 37 heavy (non-hydrogen) atoms. The first kappa shape index (κ1) is 25.5. The van der Waals surface area contributed by atoms with E-state index >= 15 is 0 Å². The van der Waals surface area contributed by atoms with Crippen LogP contribution in [0.15, 0.2) is 70.0 Å². The monoisotopic (exact) mass is 538 g/mol. The molecule has 1 aliphatic rings. The molecule has 5 rings (SSSR count). The maximum atomic E-state index is 12.4. The number of benzene rings is 3. The van der Waals surface area contributed by atoms with E-state index < -0.39 is 17.0 Å². The van der Waals surface area contributed by atoms with Gasteiger partial charge in [-0.3, -0.25) is 0 Å². The number of sulfone groups is 1. The molecule has 0 unspecified atom stereocenters. The summed E-state index contributed by atoms with van der Waals surface area (Å²) in [5.41, 5.74) is 4.54. The van der Waals surface area contributed by atoms with Gasteiger partial charge in [0.05, 0.1) is 4.90 Å². The molecule has 8 nitrogen and oxygen atoms in total. The number of piperazine rings is 1. The molecule has 0 spiro atoms. The molecule has 1 fully saturated rings. The molecule has 0 amide bonds. The van der Waals surface area contributed by atoms with Crippen LogP contribution in [0.4, 0.5) is 17.4 Å². The smallest absolute Gasteiger partial charge is 0.300 e. The molecule has 1 saturated heterocycles. The summed E-state index contributed by atoms with van der Waals surface area (Å²) in [6.07, 6.45) is 1.22. The number of nitrogens with zero attached hydrogens (tertiary/aromatic N) is 3. The van der Waals surface area contributed by atoms with Gasteiger partial charge in [0, 0.05) is 54.7 Å². The van der Waals surface area contributed by atoms with E-state index in [2.05, 4.69) is 27.1 Å². The van der Waals surface area contributed by atoms with Crippen LogP contribution in [0, 0.1) is 0 Å². The summed E-state index contributed by atoms with van der Waals surface area (Å²) in [6.45, 7) is 6.97. The van der Waals surface area contributed by atoms with Gasteiger partial charge in [-0.1, -0.05) is 36.4 Å². The summed E-state index contributed by atoms with van der Waals surface area (Å²) in [4.78, 5) is 9.29. The molecule has 0 atom stereocenters. The van der Waals surface area contributed by atoms with E-state index in [1.807, 2.05) is 48.5 Å². The van der Waals surface area contributed by atoms with Crippen molar-refractivity contribution in [3.8, 4) is 11.1 Å². The molecule has 3 aromatic carbocycles. The van der Waals surface area contributed by atoms with Crippen LogP contribution in [0.2, 0.25) is 0 Å². The van der Waals surface area contributed by atoms with Crippen LogP contribution in [0.1, 0.15) is 0 Å². The van der Waals surface area contributed by atoms with Gasteiger partial charge in [-0.15, -0.1) is 0 Å². The van der Waals surface area contributed by atoms with Crippen LogP contribution in [0.5, 0.6) is 0 Å². The van der Waals surface area contributed by atoms with Crippen LogP contribution in [-0.4, -0.2) is 71.1 Å². The zero-order chi connectivity index (χ0) is 26.4. The second-order valence-electron chi connectivity index (χ2n) is 9.97. The van der Waals surface area contributed by atoms with Crippen molar-refractivity contribution in [2.75, 3.05) is 63.0 Å². The normalized spacial score (nSPS) is 15.3. The van der Waals surface area contributed by atoms with Crippen molar-refractivity contribution in [2.24, 2.45) is 0 Å². The largest absolute Gasteiger partial charge is 0.423 e. The standard InChI is InChI=1S/C27H31N4O4PS/c1-30-12-14-31(15-13-30)21-16-20(17-23(18-21)37(4,33)34)28-27-29-25-7-5-6-24(26(25)35-27)19-8-10-22(11-9-19)36(2,3)32/h5-11,16-18H,12-15H2,1-4H3,(H,28,29). The lowest BCUT2D eigenvalue weighted by Crippen LogP contribution is -2.44. The fourth-order valence-electron chi connectivity index (χ4n) is 4.47. The summed E-state index contributed by atoms with van der Waals surface area (Å²) in [5.74, 6) is 0. The fraction of sp³-hybridized carbons (Fsp3) is 0.296. The molecular formula is C27H31N4O4PS. The highest BCUT2D eigenvalue weighted by molar-refractivity contribution is 7.90. The number of aromatic nitrogens is 1. The van der Waals surface area contributed by atoms with Gasteiger partial charge < -0.3 is 24.1 Å². The number of para-hydroxylation sites is 1. The first-order valence-corrected chi connectivity index (χ1v) is 16.6. The Labute approximate surface area is 217 Å². The lowest BCUT2D eigenvalue weighted by Gasteiger charge is -2.34. The van der Waals surface area contributed by atoms with Crippen LogP contribution < -0.4 is 15.5 Å². The summed E-state index contributed by atoms with van der Waals surface area (Å²) in [5, 5.41) is 4.01. The molecule has 0 radical (unpaired) electrons. The number of rotatable bonds is 6. The highest BCUT2D eigenvalue weighted by Gasteiger charge is 2.19. The third-order valence-electron chi connectivity index (χ3n) is 6.65. The van der Waals surface area contributed by atoms with Gasteiger partial charge in [0.1, 0.15) is 12.7 Å². The minimum atomic E-state index is -3.42. The van der Waals surface area contributed by atoms with Crippen molar-refractivity contribution in [3.05, 3.63) is 60.7 Å². The molecule has 0 aliphatic carbocycles. The lowest BCUT2D eigenvalue weighted by atomic mass is 10.1. The number of anilines is 3. The van der Waals surface area contributed by atoms with E-state index in [9.17, 15) is 13.0 Å². The summed E-state index contributed by atoms with van der Waals surface area (Å²) >= 11 is 0. The van der Waals surface area contributed by atoms with Crippen LogP contribution in [0.25, 0.3) is 22.2 Å². The van der Waals surface area contributed by atoms with E-state index in [1.54, 1.807) is 25.5 Å². The van der Waals surface area contributed by atoms with E-state index in [4.69, 9.17) is 4.42 Å². The number of hydrogen-bond acceptors (Lipinski definition) is 8. The Kier molecular flexibility index (Phi) is 6.64. The third kappa shape index (κ3) is 5.59. The number of likely N-dealkylation sites (N-methyl/N-ethyl adjacent to an activating group) is 1. The Hall–Kier alpha value is -3.13. The second-order valence-corrected chi connectivity index (χ2v) is 15.2. The summed E-state index contributed by atoms with van der Waals surface area (Å²) < 4.78 is 43.4. The molecule has 1 aromatic heterocycles. The second kappa shape index (κ2) is 9.63. The SMILES string of the molecule is CN1CCN(c2cc(Nc3nc4cccc(-c5ccc(P(C)(C)=O)cc5)c4o3)cc(S(C)(=O)=O)c2)CC1. The average Bonchev–Trinajstić information content (AvgIpc) is 3.26. The fourth-order valence-corrected chi connectivity index (χ4v) is 6.01. The molecule has 0 bridgehead atoms. The Bertz CT molecular complexity index is 1600. The van der Waals surface area contributed by atoms with E-state index in [1.165, 1.54) is 6.26 Å². The molecular weight excluding hydrogens is 507 g/mol. The molecule has 1 N–H and O–H groups in total. The summed E-state index contributed by atoms with van der Waals surface area (Å²) in [6, 6.07) is 19.0. The molecule has 194 valence electrons. The maximum Gasteiger partial charge on any atom is 0.300 e. The van der Waals surface area contributed by atoms with E-state index in [0.29, 0.717) is 16.8 Å². The van der Waals surface area contributed by atoms with Crippen LogP contribution in [-0.2, 0) is 14.4 Å². The van der Waals surface area contributed by atoms with Crippen LogP contribution >= 0.6 is 7.14 Å². The van der Waals surface area contributed by atoms with Gasteiger partial charge in [-0.05, 0) is 50.2 Å². The average molecular weight is 539 g/mol. The van der Waals surface area contributed by atoms with Gasteiger partial charge >= 0.3 is 0 Å². The Balaban J connectivity index is 1.49. The topological polar surface area (TPSA) is 95.8 Å². The van der Waals surface area contributed by atoms with Crippen molar-refractivity contribution < 1.29 is 17.4 Å². The molecule has 10 heteroatoms. The van der Waals surface area contributed by atoms with Crippen LogP contribution in [0.3, 0.4) is 0 Å². The van der Waals surface area contributed by atoms with Crippen molar-refractivity contribution in [1.82, 2.24) is 9.88 Å². The number of hydrogen-bond donors (Lipinski definition) is 1. The Morgan fingerprint density at radius 3 is 2.32 bits per heavy atom. The van der Waals surface area contributed by atoms with Crippen molar-refractivity contribution in [3.63, 3.8) is 0 Å². The van der Waals surface area contributed by atoms with E-state index in [0.717, 1.165) is 48.3 Å². The minimum Gasteiger partial charge on any atom is -0.423 e. The number of fused-ring (bicyclic) bond motifs is 1. The molecule has 2 heterocycles. The highest BCUT2D eigenvalue weighted by Crippen LogP contribution is 2.37. The number of nitrogens with one attached hydrogen (secondary N) is 1. The van der Waals surface area contributed by atoms with Gasteiger partial charge in [0.25, 0.3) is 6.01 Å². The molecule has 4 aromatic rings. The number of oxazole rings is 1. The van der Waals surface area contributed by atoms with Crippen molar-refractivity contribution in [2.45, 2.75) is 4.90 Å². The molecule has 0 saturated carbocycles. The predicted octanol–water partition coefficient (Wildman–Crippen LogP) is 4.64. The van der Waals surface area contributed by atoms with E-state index in [-0.39, 0.29) is 10.9 Å². The first-order valence-electron chi connectivity index (χ1n) is 12.1. The van der Waals surface area contributed by atoms with Gasteiger partial charge in [-0.25, -0.2) is 8.42 Å². The zero-order valence-electron chi connectivity index (χ0n) is 21.4. The quantitative estimate of drug-likeness (QED) is 0.355. The summed E-state index contributed by atoms with van der Waals surface area (Å²) in [7, 11) is -3.68. The minimum absolute atomic E-state index is 0.243. The maximum absolute atomic E-state index is 12.4. The third-order valence-corrected chi connectivity index (χ3v) is 9.29. The van der Waals surface area contributed by atoms with Crippen molar-refractivity contribution >= 4 is 50.8 Å².